The summed E-state index contributed by atoms with van der Waals surface area (Å²) in [5.74, 6) is 1.42. The van der Waals surface area contributed by atoms with E-state index < -0.39 is 0 Å². The second kappa shape index (κ2) is 7.10. The van der Waals surface area contributed by atoms with E-state index in [1.54, 1.807) is 0 Å². The monoisotopic (exact) mass is 364 g/mol. The van der Waals surface area contributed by atoms with Gasteiger partial charge in [-0.3, -0.25) is 4.79 Å². The average Bonchev–Trinajstić information content (AvgIpc) is 3.28. The lowest BCUT2D eigenvalue weighted by Gasteiger charge is -2.03. The number of H-pyrrole nitrogens is 1. The second-order valence-corrected chi connectivity index (χ2v) is 6.52. The third-order valence-corrected chi connectivity index (χ3v) is 4.53. The molecule has 1 amide bonds. The number of aromatic nitrogens is 1. The van der Waals surface area contributed by atoms with Crippen molar-refractivity contribution in [2.45, 2.75) is 13.0 Å². The normalized spacial score (nSPS) is 11.0. The number of benzene rings is 2. The molecule has 0 aliphatic heterocycles. The molecule has 130 valence electrons. The van der Waals surface area contributed by atoms with E-state index in [9.17, 15) is 4.79 Å². The van der Waals surface area contributed by atoms with Crippen LogP contribution in [0.15, 0.2) is 71.3 Å². The number of para-hydroxylation sites is 1. The molecule has 0 fully saturated rings. The lowest BCUT2D eigenvalue weighted by Crippen LogP contribution is -2.24. The summed E-state index contributed by atoms with van der Waals surface area (Å²) in [7, 11) is 0. The first-order chi connectivity index (χ1) is 12.7. The maximum Gasteiger partial charge on any atom is 0.224 e. The van der Waals surface area contributed by atoms with Crippen LogP contribution in [0.5, 0.6) is 0 Å². The molecule has 4 aromatic rings. The highest BCUT2D eigenvalue weighted by molar-refractivity contribution is 6.30. The third-order valence-electron chi connectivity index (χ3n) is 4.28. The Morgan fingerprint density at radius 2 is 1.85 bits per heavy atom. The van der Waals surface area contributed by atoms with Crippen LogP contribution in [0.25, 0.3) is 22.2 Å². The van der Waals surface area contributed by atoms with Crippen molar-refractivity contribution in [3.05, 3.63) is 83.2 Å². The van der Waals surface area contributed by atoms with E-state index in [0.29, 0.717) is 23.7 Å². The zero-order valence-corrected chi connectivity index (χ0v) is 14.7. The molecular weight excluding hydrogens is 348 g/mol. The van der Waals surface area contributed by atoms with Crippen molar-refractivity contribution in [2.75, 3.05) is 0 Å². The number of aromatic amines is 1. The van der Waals surface area contributed by atoms with Crippen LogP contribution < -0.4 is 5.32 Å². The highest BCUT2D eigenvalue weighted by Gasteiger charge is 2.10. The molecule has 0 aliphatic rings. The first kappa shape index (κ1) is 16.5. The van der Waals surface area contributed by atoms with Gasteiger partial charge in [0.1, 0.15) is 11.5 Å². The average molecular weight is 365 g/mol. The van der Waals surface area contributed by atoms with Crippen LogP contribution >= 0.6 is 11.6 Å². The maximum atomic E-state index is 12.3. The van der Waals surface area contributed by atoms with Gasteiger partial charge in [0.15, 0.2) is 0 Å². The third kappa shape index (κ3) is 3.51. The molecule has 4 nitrogen and oxygen atoms in total. The first-order valence-electron chi connectivity index (χ1n) is 8.35. The van der Waals surface area contributed by atoms with E-state index in [4.69, 9.17) is 16.0 Å². The largest absolute Gasteiger partial charge is 0.459 e. The van der Waals surface area contributed by atoms with Gasteiger partial charge < -0.3 is 14.7 Å². The molecule has 2 aromatic heterocycles. The summed E-state index contributed by atoms with van der Waals surface area (Å²) in [4.78, 5) is 15.4. The summed E-state index contributed by atoms with van der Waals surface area (Å²) in [5, 5.41) is 4.67. The number of carbonyl (C=O) groups is 1. The molecule has 2 aromatic carbocycles. The maximum absolute atomic E-state index is 12.3. The summed E-state index contributed by atoms with van der Waals surface area (Å²) in [6.45, 7) is 0.356. The Balaban J connectivity index is 1.38. The molecule has 4 rings (SSSR count). The topological polar surface area (TPSA) is 58.0 Å². The molecule has 5 heteroatoms. The number of hydrogen-bond acceptors (Lipinski definition) is 2. The predicted octanol–water partition coefficient (Wildman–Crippen LogP) is 4.94. The van der Waals surface area contributed by atoms with Gasteiger partial charge in [-0.25, -0.2) is 0 Å². The van der Waals surface area contributed by atoms with E-state index in [2.05, 4.69) is 10.3 Å². The van der Waals surface area contributed by atoms with Gasteiger partial charge in [0, 0.05) is 27.7 Å². The molecule has 0 unspecified atom stereocenters. The fourth-order valence-electron chi connectivity index (χ4n) is 2.94. The summed E-state index contributed by atoms with van der Waals surface area (Å²) in [6, 6.07) is 19.2. The summed E-state index contributed by atoms with van der Waals surface area (Å²) in [6.07, 6.45) is 2.21. The van der Waals surface area contributed by atoms with E-state index in [1.807, 2.05) is 66.9 Å². The Kier molecular flexibility index (Phi) is 4.50. The molecule has 0 spiro atoms. The molecule has 2 N–H and O–H groups in total. The molecular formula is C21H17ClN2O2. The van der Waals surface area contributed by atoms with Gasteiger partial charge in [-0.15, -0.1) is 0 Å². The smallest absolute Gasteiger partial charge is 0.224 e. The number of fused-ring (bicyclic) bond motifs is 1. The Morgan fingerprint density at radius 3 is 2.69 bits per heavy atom. The van der Waals surface area contributed by atoms with Crippen molar-refractivity contribution < 1.29 is 9.21 Å². The van der Waals surface area contributed by atoms with Crippen LogP contribution in [0.4, 0.5) is 0 Å². The van der Waals surface area contributed by atoms with Crippen molar-refractivity contribution in [1.82, 2.24) is 10.3 Å². The Labute approximate surface area is 155 Å². The highest BCUT2D eigenvalue weighted by Crippen LogP contribution is 2.24. The zero-order chi connectivity index (χ0) is 17.9. The number of nitrogens with one attached hydrogen (secondary N) is 2. The lowest BCUT2D eigenvalue weighted by atomic mass is 10.1. The molecule has 0 saturated heterocycles. The Bertz CT molecular complexity index is 1050. The van der Waals surface area contributed by atoms with E-state index in [0.717, 1.165) is 27.8 Å². The predicted molar refractivity (Wildman–Crippen MR) is 103 cm³/mol. The molecule has 0 atom stereocenters. The van der Waals surface area contributed by atoms with Gasteiger partial charge in [0.25, 0.3) is 0 Å². The second-order valence-electron chi connectivity index (χ2n) is 6.09. The van der Waals surface area contributed by atoms with Crippen molar-refractivity contribution in [2.24, 2.45) is 0 Å². The van der Waals surface area contributed by atoms with Crippen molar-refractivity contribution in [3.8, 4) is 11.3 Å². The summed E-state index contributed by atoms with van der Waals surface area (Å²) >= 11 is 5.90. The lowest BCUT2D eigenvalue weighted by molar-refractivity contribution is -0.120. The molecule has 0 aliphatic carbocycles. The number of rotatable bonds is 5. The minimum absolute atomic E-state index is 0.0424. The van der Waals surface area contributed by atoms with Gasteiger partial charge in [-0.1, -0.05) is 29.8 Å². The van der Waals surface area contributed by atoms with Gasteiger partial charge in [-0.2, -0.15) is 0 Å². The van der Waals surface area contributed by atoms with Gasteiger partial charge in [-0.05, 0) is 48.0 Å². The van der Waals surface area contributed by atoms with E-state index >= 15 is 0 Å². The first-order valence-corrected chi connectivity index (χ1v) is 8.73. The van der Waals surface area contributed by atoms with Crippen LogP contribution in [0, 0.1) is 0 Å². The SMILES string of the molecule is O=C(Cc1c[nH]c2ccccc12)NCc1ccc(-c2ccc(Cl)cc2)o1. The number of furan rings is 1. The van der Waals surface area contributed by atoms with Crippen LogP contribution in [-0.4, -0.2) is 10.9 Å². The summed E-state index contributed by atoms with van der Waals surface area (Å²) in [5.41, 5.74) is 2.97. The van der Waals surface area contributed by atoms with Gasteiger partial charge in [0.2, 0.25) is 5.91 Å². The number of carbonyl (C=O) groups excluding carboxylic acids is 1. The van der Waals surface area contributed by atoms with Crippen molar-refractivity contribution in [1.29, 1.82) is 0 Å². The van der Waals surface area contributed by atoms with E-state index in [-0.39, 0.29) is 5.91 Å². The quantitative estimate of drug-likeness (QED) is 0.527. The standard InChI is InChI=1S/C21H17ClN2O2/c22-16-7-5-14(6-8-16)20-10-9-17(26-20)13-24-21(25)11-15-12-23-19-4-2-1-3-18(15)19/h1-10,12,23H,11,13H2,(H,24,25). The van der Waals surface area contributed by atoms with Gasteiger partial charge in [0.05, 0.1) is 13.0 Å². The number of amides is 1. The molecule has 0 radical (unpaired) electrons. The fourth-order valence-corrected chi connectivity index (χ4v) is 3.07. The molecule has 0 saturated carbocycles. The van der Waals surface area contributed by atoms with Crippen LogP contribution in [-0.2, 0) is 17.8 Å². The van der Waals surface area contributed by atoms with Crippen LogP contribution in [0.2, 0.25) is 5.02 Å². The number of halogens is 1. The van der Waals surface area contributed by atoms with Crippen molar-refractivity contribution >= 4 is 28.4 Å². The minimum Gasteiger partial charge on any atom is -0.459 e. The summed E-state index contributed by atoms with van der Waals surface area (Å²) < 4.78 is 5.80. The van der Waals surface area contributed by atoms with Crippen molar-refractivity contribution in [3.63, 3.8) is 0 Å². The highest BCUT2D eigenvalue weighted by atomic mass is 35.5. The Hall–Kier alpha value is -2.98. The fraction of sp³-hybridized carbons (Fsp3) is 0.0952. The molecule has 26 heavy (non-hydrogen) atoms. The molecule has 0 bridgehead atoms. The number of hydrogen-bond donors (Lipinski definition) is 2. The van der Waals surface area contributed by atoms with Crippen LogP contribution in [0.3, 0.4) is 0 Å². The zero-order valence-electron chi connectivity index (χ0n) is 14.0. The van der Waals surface area contributed by atoms with Gasteiger partial charge >= 0.3 is 0 Å². The molecule has 2 heterocycles. The van der Waals surface area contributed by atoms with E-state index in [1.165, 1.54) is 0 Å². The van der Waals surface area contributed by atoms with Crippen LogP contribution in [0.1, 0.15) is 11.3 Å². The minimum atomic E-state index is -0.0424. The Morgan fingerprint density at radius 1 is 1.04 bits per heavy atom.